The number of aliphatic carboxylic acids is 1. The second kappa shape index (κ2) is 8.55. The molecule has 0 bridgehead atoms. The lowest BCUT2D eigenvalue weighted by molar-refractivity contribution is -0.142. The van der Waals surface area contributed by atoms with Crippen molar-refractivity contribution in [3.05, 3.63) is 29.8 Å². The summed E-state index contributed by atoms with van der Waals surface area (Å²) in [5, 5.41) is 19.8. The van der Waals surface area contributed by atoms with Crippen molar-refractivity contribution in [1.29, 1.82) is 5.26 Å². The van der Waals surface area contributed by atoms with Crippen LogP contribution in [0.4, 0.5) is 0 Å². The number of hydrogen-bond acceptors (Lipinski definition) is 5. The van der Waals surface area contributed by atoms with Crippen molar-refractivity contribution < 1.29 is 24.2 Å². The van der Waals surface area contributed by atoms with E-state index in [4.69, 9.17) is 19.8 Å². The first kappa shape index (κ1) is 16.5. The number of nitriles is 1. The van der Waals surface area contributed by atoms with Gasteiger partial charge >= 0.3 is 5.97 Å². The maximum absolute atomic E-state index is 11.8. The van der Waals surface area contributed by atoms with E-state index in [1.807, 2.05) is 6.07 Å². The first-order chi connectivity index (χ1) is 10.0. The van der Waals surface area contributed by atoms with Gasteiger partial charge in [-0.25, -0.2) is 4.79 Å². The Morgan fingerprint density at radius 1 is 1.43 bits per heavy atom. The molecule has 1 atom stereocenters. The van der Waals surface area contributed by atoms with Gasteiger partial charge in [-0.3, -0.25) is 4.79 Å². The van der Waals surface area contributed by atoms with E-state index in [0.29, 0.717) is 11.3 Å². The zero-order valence-electron chi connectivity index (χ0n) is 11.5. The lowest BCUT2D eigenvalue weighted by atomic mass is 10.2. The number of carboxylic acids is 1. The second-order valence-electron chi connectivity index (χ2n) is 4.11. The number of carbonyl (C=O) groups excluding carboxylic acids is 1. The van der Waals surface area contributed by atoms with Gasteiger partial charge in [-0.05, 0) is 19.1 Å². The van der Waals surface area contributed by atoms with Gasteiger partial charge < -0.3 is 19.9 Å². The normalized spacial score (nSPS) is 11.2. The molecule has 1 amide bonds. The van der Waals surface area contributed by atoms with Crippen LogP contribution in [0.5, 0.6) is 5.75 Å². The van der Waals surface area contributed by atoms with Crippen molar-refractivity contribution in [2.45, 2.75) is 13.0 Å². The maximum atomic E-state index is 11.8. The highest BCUT2D eigenvalue weighted by Crippen LogP contribution is 2.17. The van der Waals surface area contributed by atoms with Crippen LogP contribution in [0, 0.1) is 11.3 Å². The van der Waals surface area contributed by atoms with Gasteiger partial charge in [-0.15, -0.1) is 0 Å². The molecule has 0 aliphatic heterocycles. The molecular weight excluding hydrogens is 276 g/mol. The van der Waals surface area contributed by atoms with Crippen LogP contribution in [0.25, 0.3) is 0 Å². The Morgan fingerprint density at radius 2 is 2.14 bits per heavy atom. The molecule has 2 N–H and O–H groups in total. The summed E-state index contributed by atoms with van der Waals surface area (Å²) in [7, 11) is 0. The summed E-state index contributed by atoms with van der Waals surface area (Å²) in [6, 6.07) is 8.60. The lowest BCUT2D eigenvalue weighted by Gasteiger charge is -2.15. The molecule has 0 saturated heterocycles. The molecule has 0 heterocycles. The fraction of sp³-hybridized carbons (Fsp3) is 0.357. The van der Waals surface area contributed by atoms with E-state index in [9.17, 15) is 9.59 Å². The summed E-state index contributed by atoms with van der Waals surface area (Å²) in [6.45, 7) is 1.43. The van der Waals surface area contributed by atoms with Crippen LogP contribution in [-0.2, 0) is 14.3 Å². The molecule has 0 aromatic heterocycles. The molecule has 0 saturated carbocycles. The fourth-order valence-corrected chi connectivity index (χ4v) is 1.46. The summed E-state index contributed by atoms with van der Waals surface area (Å²) in [5.41, 5.74) is 0.349. The highest BCUT2D eigenvalue weighted by atomic mass is 16.5. The van der Waals surface area contributed by atoms with Crippen LogP contribution in [0.1, 0.15) is 12.5 Å². The third kappa shape index (κ3) is 5.93. The van der Waals surface area contributed by atoms with E-state index in [2.05, 4.69) is 5.32 Å². The van der Waals surface area contributed by atoms with E-state index in [0.717, 1.165) is 0 Å². The SMILES string of the molecule is CC(Oc1ccccc1C#N)C(=O)NCCOCC(=O)O. The number of amides is 1. The number of rotatable bonds is 8. The Hall–Kier alpha value is -2.59. The first-order valence-corrected chi connectivity index (χ1v) is 6.27. The van der Waals surface area contributed by atoms with Gasteiger partial charge in [0.05, 0.1) is 12.2 Å². The minimum absolute atomic E-state index is 0.0968. The van der Waals surface area contributed by atoms with Crippen LogP contribution in [0.3, 0.4) is 0 Å². The molecule has 7 heteroatoms. The zero-order chi connectivity index (χ0) is 15.7. The van der Waals surface area contributed by atoms with Gasteiger partial charge in [0.15, 0.2) is 6.10 Å². The topological polar surface area (TPSA) is 109 Å². The highest BCUT2D eigenvalue weighted by Gasteiger charge is 2.15. The van der Waals surface area contributed by atoms with Crippen molar-refractivity contribution in [3.8, 4) is 11.8 Å². The molecule has 7 nitrogen and oxygen atoms in total. The zero-order valence-corrected chi connectivity index (χ0v) is 11.5. The van der Waals surface area contributed by atoms with E-state index >= 15 is 0 Å². The average Bonchev–Trinajstić information content (AvgIpc) is 2.46. The minimum atomic E-state index is -1.06. The molecule has 21 heavy (non-hydrogen) atoms. The molecule has 0 fully saturated rings. The molecule has 0 aliphatic carbocycles. The third-order valence-corrected chi connectivity index (χ3v) is 2.45. The first-order valence-electron chi connectivity index (χ1n) is 6.27. The van der Waals surface area contributed by atoms with Crippen molar-refractivity contribution in [3.63, 3.8) is 0 Å². The van der Waals surface area contributed by atoms with Gasteiger partial charge in [0.25, 0.3) is 5.91 Å². The molecule has 1 rings (SSSR count). The van der Waals surface area contributed by atoms with Crippen LogP contribution in [0.15, 0.2) is 24.3 Å². The van der Waals surface area contributed by atoms with Crippen LogP contribution in [-0.4, -0.2) is 42.8 Å². The largest absolute Gasteiger partial charge is 0.480 e. The summed E-state index contributed by atoms with van der Waals surface area (Å²) < 4.78 is 10.2. The lowest BCUT2D eigenvalue weighted by Crippen LogP contribution is -2.38. The van der Waals surface area contributed by atoms with E-state index < -0.39 is 18.7 Å². The third-order valence-electron chi connectivity index (χ3n) is 2.45. The number of benzene rings is 1. The van der Waals surface area contributed by atoms with E-state index in [1.165, 1.54) is 0 Å². The van der Waals surface area contributed by atoms with E-state index in [1.54, 1.807) is 31.2 Å². The Labute approximate surface area is 122 Å². The summed E-state index contributed by atoms with van der Waals surface area (Å²) >= 11 is 0. The Balaban J connectivity index is 2.38. The van der Waals surface area contributed by atoms with Gasteiger partial charge in [0.2, 0.25) is 0 Å². The van der Waals surface area contributed by atoms with Gasteiger partial charge in [0, 0.05) is 6.54 Å². The number of para-hydroxylation sites is 1. The number of nitrogens with one attached hydrogen (secondary N) is 1. The molecule has 1 aromatic rings. The summed E-state index contributed by atoms with van der Waals surface area (Å²) in [5.74, 6) is -1.10. The van der Waals surface area contributed by atoms with Gasteiger partial charge in [-0.2, -0.15) is 5.26 Å². The maximum Gasteiger partial charge on any atom is 0.329 e. The average molecular weight is 292 g/mol. The standard InChI is InChI=1S/C14H16N2O5/c1-10(14(19)16-6-7-20-9-13(17)18)21-12-5-3-2-4-11(12)8-15/h2-5,10H,6-7,9H2,1H3,(H,16,19)(H,17,18). The predicted molar refractivity (Wildman–Crippen MR) is 72.7 cm³/mol. The molecule has 1 aromatic carbocycles. The predicted octanol–water partition coefficient (Wildman–Crippen LogP) is 0.543. The molecule has 0 radical (unpaired) electrons. The quantitative estimate of drug-likeness (QED) is 0.677. The van der Waals surface area contributed by atoms with Crippen molar-refractivity contribution in [1.82, 2.24) is 5.32 Å². The highest BCUT2D eigenvalue weighted by molar-refractivity contribution is 5.80. The summed E-state index contributed by atoms with van der Waals surface area (Å²) in [4.78, 5) is 22.0. The molecule has 0 aliphatic rings. The van der Waals surface area contributed by atoms with Crippen molar-refractivity contribution in [2.24, 2.45) is 0 Å². The Kier molecular flexibility index (Phi) is 6.71. The van der Waals surface area contributed by atoms with Gasteiger partial charge in [0.1, 0.15) is 18.4 Å². The number of hydrogen-bond donors (Lipinski definition) is 2. The number of nitrogens with zero attached hydrogens (tertiary/aromatic N) is 1. The minimum Gasteiger partial charge on any atom is -0.480 e. The molecule has 1 unspecified atom stereocenters. The van der Waals surface area contributed by atoms with Crippen LogP contribution in [0.2, 0.25) is 0 Å². The molecular formula is C14H16N2O5. The molecule has 0 spiro atoms. The van der Waals surface area contributed by atoms with Crippen molar-refractivity contribution >= 4 is 11.9 Å². The molecule has 112 valence electrons. The van der Waals surface area contributed by atoms with Crippen molar-refractivity contribution in [2.75, 3.05) is 19.8 Å². The Bertz CT molecular complexity index is 538. The summed E-state index contributed by atoms with van der Waals surface area (Å²) in [6.07, 6.45) is -0.779. The van der Waals surface area contributed by atoms with Crippen LogP contribution < -0.4 is 10.1 Å². The number of ether oxygens (including phenoxy) is 2. The fourth-order valence-electron chi connectivity index (χ4n) is 1.46. The monoisotopic (exact) mass is 292 g/mol. The smallest absolute Gasteiger partial charge is 0.329 e. The van der Waals surface area contributed by atoms with Gasteiger partial charge in [-0.1, -0.05) is 12.1 Å². The second-order valence-corrected chi connectivity index (χ2v) is 4.11. The van der Waals surface area contributed by atoms with Crippen LogP contribution >= 0.6 is 0 Å². The number of carboxylic acid groups (broad SMARTS) is 1. The van der Waals surface area contributed by atoms with E-state index in [-0.39, 0.29) is 19.1 Å². The number of carbonyl (C=O) groups is 2. The Morgan fingerprint density at radius 3 is 2.81 bits per heavy atom.